The summed E-state index contributed by atoms with van der Waals surface area (Å²) in [6.07, 6.45) is -1.15. The molecule has 0 bridgehead atoms. The van der Waals surface area contributed by atoms with E-state index in [1.54, 1.807) is 0 Å². The summed E-state index contributed by atoms with van der Waals surface area (Å²) < 4.78 is 1.97. The van der Waals surface area contributed by atoms with Gasteiger partial charge in [-0.1, -0.05) is 44.2 Å². The van der Waals surface area contributed by atoms with Crippen LogP contribution in [0.25, 0.3) is 0 Å². The number of carboxylic acid groups (broad SMARTS) is 1. The smallest absolute Gasteiger partial charge is 0.433 e. The Morgan fingerprint density at radius 2 is 2.05 bits per heavy atom. The van der Waals surface area contributed by atoms with E-state index in [1.165, 1.54) is 11.3 Å². The van der Waals surface area contributed by atoms with Gasteiger partial charge in [0.05, 0.1) is 6.54 Å². The van der Waals surface area contributed by atoms with Crippen LogP contribution in [-0.4, -0.2) is 15.8 Å². The van der Waals surface area contributed by atoms with Gasteiger partial charge in [-0.15, -0.1) is 16.3 Å². The standard InChI is InChI=1S/C14H16N2O2S/c1-10(2)12-9-19-13(15-14(17)18)16(12)8-11-6-4-3-5-7-11/h3-7,9-10H,8H2,1-2H3,(H,17,18). The number of carbonyl (C=O) groups is 1. The van der Waals surface area contributed by atoms with Crippen molar-refractivity contribution >= 4 is 17.4 Å². The monoisotopic (exact) mass is 276 g/mol. The first-order valence-corrected chi connectivity index (χ1v) is 6.95. The van der Waals surface area contributed by atoms with E-state index in [4.69, 9.17) is 5.11 Å². The molecule has 0 spiro atoms. The second-order valence-corrected chi connectivity index (χ2v) is 5.40. The maximum Gasteiger partial charge on any atom is 0.433 e. The molecule has 0 aliphatic rings. The van der Waals surface area contributed by atoms with Crippen molar-refractivity contribution < 1.29 is 9.90 Å². The summed E-state index contributed by atoms with van der Waals surface area (Å²) in [6.45, 7) is 4.83. The van der Waals surface area contributed by atoms with Crippen LogP contribution in [0.3, 0.4) is 0 Å². The molecular formula is C14H16N2O2S. The van der Waals surface area contributed by atoms with Gasteiger partial charge in [-0.25, -0.2) is 4.79 Å². The molecule has 19 heavy (non-hydrogen) atoms. The number of amides is 1. The van der Waals surface area contributed by atoms with Crippen molar-refractivity contribution in [2.45, 2.75) is 26.3 Å². The van der Waals surface area contributed by atoms with E-state index in [9.17, 15) is 4.79 Å². The number of benzene rings is 1. The van der Waals surface area contributed by atoms with Crippen LogP contribution in [0.15, 0.2) is 40.7 Å². The minimum absolute atomic E-state index is 0.331. The van der Waals surface area contributed by atoms with Crippen molar-refractivity contribution in [1.29, 1.82) is 0 Å². The molecule has 0 radical (unpaired) electrons. The number of hydrogen-bond donors (Lipinski definition) is 1. The highest BCUT2D eigenvalue weighted by Crippen LogP contribution is 2.16. The van der Waals surface area contributed by atoms with Crippen LogP contribution in [0.5, 0.6) is 0 Å². The molecule has 0 aliphatic heterocycles. The topological polar surface area (TPSA) is 54.6 Å². The summed E-state index contributed by atoms with van der Waals surface area (Å²) in [4.78, 5) is 15.0. The molecule has 0 aliphatic carbocycles. The summed E-state index contributed by atoms with van der Waals surface area (Å²) in [5.41, 5.74) is 2.24. The summed E-state index contributed by atoms with van der Waals surface area (Å²) in [5, 5.41) is 10.8. The number of thiazole rings is 1. The molecule has 1 N–H and O–H groups in total. The fraction of sp³-hybridized carbons (Fsp3) is 0.286. The fourth-order valence-electron chi connectivity index (χ4n) is 1.89. The molecule has 1 amide bonds. The van der Waals surface area contributed by atoms with Crippen LogP contribution in [-0.2, 0) is 6.54 Å². The zero-order chi connectivity index (χ0) is 13.8. The molecule has 0 saturated heterocycles. The van der Waals surface area contributed by atoms with Gasteiger partial charge in [0.2, 0.25) is 0 Å². The highest BCUT2D eigenvalue weighted by molar-refractivity contribution is 7.07. The molecule has 1 aromatic heterocycles. The number of rotatable bonds is 3. The molecular weight excluding hydrogens is 260 g/mol. The minimum Gasteiger partial charge on any atom is -0.463 e. The van der Waals surface area contributed by atoms with Crippen LogP contribution in [0.1, 0.15) is 31.0 Å². The number of nitrogens with zero attached hydrogens (tertiary/aromatic N) is 2. The van der Waals surface area contributed by atoms with Crippen molar-refractivity contribution in [3.05, 3.63) is 51.8 Å². The quantitative estimate of drug-likeness (QED) is 0.935. The molecule has 5 heteroatoms. The highest BCUT2D eigenvalue weighted by Gasteiger charge is 2.10. The molecule has 1 aromatic carbocycles. The molecule has 0 saturated carbocycles. The Bertz CT molecular complexity index is 626. The predicted octanol–water partition coefficient (Wildman–Crippen LogP) is 3.30. The summed E-state index contributed by atoms with van der Waals surface area (Å²) >= 11 is 1.37. The molecule has 0 unspecified atom stereocenters. The lowest BCUT2D eigenvalue weighted by atomic mass is 10.1. The normalized spacial score (nSPS) is 12.1. The molecule has 2 rings (SSSR count). The highest BCUT2D eigenvalue weighted by atomic mass is 32.1. The Kier molecular flexibility index (Phi) is 4.16. The lowest BCUT2D eigenvalue weighted by Gasteiger charge is -2.11. The van der Waals surface area contributed by atoms with Gasteiger partial charge in [0, 0.05) is 11.1 Å². The van der Waals surface area contributed by atoms with E-state index >= 15 is 0 Å². The first-order valence-electron chi connectivity index (χ1n) is 6.07. The molecule has 1 heterocycles. The molecule has 0 atom stereocenters. The Morgan fingerprint density at radius 1 is 1.37 bits per heavy atom. The maximum absolute atomic E-state index is 10.8. The number of aromatic nitrogens is 1. The van der Waals surface area contributed by atoms with Gasteiger partial charge in [-0.3, -0.25) is 0 Å². The summed E-state index contributed by atoms with van der Waals surface area (Å²) in [6, 6.07) is 9.98. The van der Waals surface area contributed by atoms with Gasteiger partial charge >= 0.3 is 6.09 Å². The van der Waals surface area contributed by atoms with Gasteiger partial charge in [0.15, 0.2) is 4.80 Å². The Morgan fingerprint density at radius 3 is 2.63 bits per heavy atom. The van der Waals surface area contributed by atoms with Gasteiger partial charge in [-0.05, 0) is 11.5 Å². The Balaban J connectivity index is 2.47. The van der Waals surface area contributed by atoms with Crippen LogP contribution in [0, 0.1) is 0 Å². The second kappa shape index (κ2) is 5.84. The third kappa shape index (κ3) is 3.32. The predicted molar refractivity (Wildman–Crippen MR) is 75.5 cm³/mol. The maximum atomic E-state index is 10.8. The third-order valence-electron chi connectivity index (χ3n) is 2.79. The van der Waals surface area contributed by atoms with Crippen molar-refractivity contribution in [3.8, 4) is 0 Å². The van der Waals surface area contributed by atoms with Crippen LogP contribution in [0.4, 0.5) is 4.79 Å². The van der Waals surface area contributed by atoms with Crippen molar-refractivity contribution in [2.75, 3.05) is 0 Å². The first kappa shape index (κ1) is 13.5. The Hall–Kier alpha value is -1.88. The van der Waals surface area contributed by atoms with Crippen molar-refractivity contribution in [1.82, 2.24) is 4.57 Å². The van der Waals surface area contributed by atoms with E-state index in [0.29, 0.717) is 17.3 Å². The summed E-state index contributed by atoms with van der Waals surface area (Å²) in [5.74, 6) is 0.331. The molecule has 2 aromatic rings. The van der Waals surface area contributed by atoms with E-state index < -0.39 is 6.09 Å². The Labute approximate surface area is 115 Å². The largest absolute Gasteiger partial charge is 0.463 e. The lowest BCUT2D eigenvalue weighted by molar-refractivity contribution is 0.204. The summed E-state index contributed by atoms with van der Waals surface area (Å²) in [7, 11) is 0. The van der Waals surface area contributed by atoms with E-state index in [2.05, 4.69) is 18.8 Å². The van der Waals surface area contributed by atoms with Gasteiger partial charge < -0.3 is 9.67 Å². The van der Waals surface area contributed by atoms with Crippen molar-refractivity contribution in [3.63, 3.8) is 0 Å². The van der Waals surface area contributed by atoms with Crippen LogP contribution in [0.2, 0.25) is 0 Å². The van der Waals surface area contributed by atoms with Gasteiger partial charge in [0.25, 0.3) is 0 Å². The van der Waals surface area contributed by atoms with E-state index in [1.807, 2.05) is 40.3 Å². The van der Waals surface area contributed by atoms with E-state index in [0.717, 1.165) is 11.3 Å². The third-order valence-corrected chi connectivity index (χ3v) is 3.68. The van der Waals surface area contributed by atoms with Crippen LogP contribution >= 0.6 is 11.3 Å². The van der Waals surface area contributed by atoms with E-state index in [-0.39, 0.29) is 0 Å². The first-order chi connectivity index (χ1) is 9.08. The zero-order valence-electron chi connectivity index (χ0n) is 10.9. The fourth-order valence-corrected chi connectivity index (χ4v) is 2.95. The lowest BCUT2D eigenvalue weighted by Crippen LogP contribution is -2.20. The van der Waals surface area contributed by atoms with Gasteiger partial charge in [-0.2, -0.15) is 0 Å². The minimum atomic E-state index is -1.15. The van der Waals surface area contributed by atoms with Gasteiger partial charge in [0.1, 0.15) is 0 Å². The second-order valence-electron chi connectivity index (χ2n) is 4.56. The molecule has 4 nitrogen and oxygen atoms in total. The van der Waals surface area contributed by atoms with Crippen LogP contribution < -0.4 is 4.80 Å². The average Bonchev–Trinajstić information content (AvgIpc) is 2.73. The van der Waals surface area contributed by atoms with Crippen molar-refractivity contribution in [2.24, 2.45) is 4.99 Å². The molecule has 0 fully saturated rings. The SMILES string of the molecule is CC(C)c1csc(=NC(=O)O)n1Cc1ccccc1. The average molecular weight is 276 g/mol. The molecule has 100 valence electrons. The zero-order valence-corrected chi connectivity index (χ0v) is 11.7. The number of hydrogen-bond acceptors (Lipinski definition) is 2.